The second-order valence-corrected chi connectivity index (χ2v) is 7.12. The summed E-state index contributed by atoms with van der Waals surface area (Å²) in [6.07, 6.45) is 0.321. The Bertz CT molecular complexity index is 915. The van der Waals surface area contributed by atoms with E-state index in [0.717, 1.165) is 12.1 Å². The number of esters is 1. The average Bonchev–Trinajstić information content (AvgIpc) is 3.11. The zero-order valence-electron chi connectivity index (χ0n) is 15.1. The molecule has 2 aromatic carbocycles. The van der Waals surface area contributed by atoms with Crippen LogP contribution in [0.3, 0.4) is 0 Å². The number of carbonyl (C=O) groups excluding carboxylic acids is 3. The van der Waals surface area contributed by atoms with E-state index in [1.165, 1.54) is 6.92 Å². The summed E-state index contributed by atoms with van der Waals surface area (Å²) >= 11 is 12.0. The molecule has 1 aliphatic heterocycles. The summed E-state index contributed by atoms with van der Waals surface area (Å²) in [6.45, 7) is 2.13. The Labute approximate surface area is 172 Å². The van der Waals surface area contributed by atoms with Crippen LogP contribution in [0.15, 0.2) is 42.5 Å². The maximum absolute atomic E-state index is 12.3. The molecule has 1 atom stereocenters. The molecular weight excluding hydrogens is 403 g/mol. The molecule has 3 rings (SSSR count). The Morgan fingerprint density at radius 2 is 1.86 bits per heavy atom. The lowest BCUT2D eigenvalue weighted by atomic mass is 10.2. The molecule has 1 unspecified atom stereocenters. The fourth-order valence-electron chi connectivity index (χ4n) is 2.82. The van der Waals surface area contributed by atoms with Gasteiger partial charge in [-0.2, -0.15) is 0 Å². The molecule has 1 saturated heterocycles. The number of carbonyl (C=O) groups is 3. The van der Waals surface area contributed by atoms with E-state index in [4.69, 9.17) is 27.9 Å². The van der Waals surface area contributed by atoms with E-state index in [1.807, 2.05) is 0 Å². The van der Waals surface area contributed by atoms with Crippen LogP contribution in [0.4, 0.5) is 11.4 Å². The third kappa shape index (κ3) is 4.46. The molecule has 0 spiro atoms. The molecule has 0 aliphatic carbocycles. The van der Waals surface area contributed by atoms with Crippen molar-refractivity contribution < 1.29 is 19.1 Å². The fraction of sp³-hybridized carbons (Fsp3) is 0.250. The minimum atomic E-state index is -1.04. The number of rotatable bonds is 5. The second-order valence-electron chi connectivity index (χ2n) is 6.33. The van der Waals surface area contributed by atoms with Crippen LogP contribution in [-0.4, -0.2) is 30.4 Å². The summed E-state index contributed by atoms with van der Waals surface area (Å²) in [7, 11) is 0. The summed E-state index contributed by atoms with van der Waals surface area (Å²) in [5, 5.41) is 3.10. The van der Waals surface area contributed by atoms with Gasteiger partial charge in [-0.3, -0.25) is 9.59 Å². The molecule has 1 N–H and O–H groups in total. The molecule has 0 aromatic heterocycles. The molecule has 1 heterocycles. The van der Waals surface area contributed by atoms with Crippen LogP contribution in [-0.2, 0) is 14.3 Å². The van der Waals surface area contributed by atoms with Crippen LogP contribution >= 0.6 is 23.2 Å². The molecule has 0 saturated carbocycles. The van der Waals surface area contributed by atoms with Gasteiger partial charge in [-0.05, 0) is 49.7 Å². The minimum absolute atomic E-state index is 0.0697. The predicted octanol–water partition coefficient (Wildman–Crippen LogP) is 4.30. The van der Waals surface area contributed by atoms with E-state index in [9.17, 15) is 14.4 Å². The lowest BCUT2D eigenvalue weighted by molar-refractivity contribution is -0.123. The Balaban J connectivity index is 1.61. The van der Waals surface area contributed by atoms with Crippen LogP contribution in [0.2, 0.25) is 10.0 Å². The van der Waals surface area contributed by atoms with Gasteiger partial charge in [0, 0.05) is 18.7 Å². The first-order valence-electron chi connectivity index (χ1n) is 8.73. The van der Waals surface area contributed by atoms with Gasteiger partial charge in [0.15, 0.2) is 6.10 Å². The smallest absolute Gasteiger partial charge is 0.338 e. The van der Waals surface area contributed by atoms with E-state index < -0.39 is 18.0 Å². The highest BCUT2D eigenvalue weighted by Crippen LogP contribution is 2.29. The van der Waals surface area contributed by atoms with Gasteiger partial charge in [-0.1, -0.05) is 29.3 Å². The molecule has 1 fully saturated rings. The Morgan fingerprint density at radius 1 is 1.14 bits per heavy atom. The zero-order valence-corrected chi connectivity index (χ0v) is 16.6. The summed E-state index contributed by atoms with van der Waals surface area (Å²) < 4.78 is 5.22. The standard InChI is InChI=1S/C20H18Cl2N2O4/c1-12(19(26)23-16-5-2-4-15(21)18(16)22)28-20(27)13-7-9-14(10-8-13)24-11-3-6-17(24)25/h2,4-5,7-10,12H,3,6,11H2,1H3,(H,23,26). The van der Waals surface area contributed by atoms with Crippen molar-refractivity contribution in [3.8, 4) is 0 Å². The molecule has 6 nitrogen and oxygen atoms in total. The Morgan fingerprint density at radius 3 is 2.50 bits per heavy atom. The number of anilines is 2. The first-order chi connectivity index (χ1) is 13.4. The number of amides is 2. The highest BCUT2D eigenvalue weighted by Gasteiger charge is 2.23. The van der Waals surface area contributed by atoms with E-state index in [1.54, 1.807) is 47.4 Å². The van der Waals surface area contributed by atoms with Gasteiger partial charge in [0.25, 0.3) is 5.91 Å². The normalized spacial score (nSPS) is 14.7. The van der Waals surface area contributed by atoms with Gasteiger partial charge >= 0.3 is 5.97 Å². The van der Waals surface area contributed by atoms with Crippen LogP contribution in [0.5, 0.6) is 0 Å². The molecule has 2 aromatic rings. The maximum Gasteiger partial charge on any atom is 0.338 e. The third-order valence-corrected chi connectivity index (χ3v) is 5.17. The summed E-state index contributed by atoms with van der Waals surface area (Å²) in [5.41, 5.74) is 1.36. The van der Waals surface area contributed by atoms with Gasteiger partial charge in [0.2, 0.25) is 5.91 Å². The zero-order chi connectivity index (χ0) is 20.3. The number of nitrogens with one attached hydrogen (secondary N) is 1. The highest BCUT2D eigenvalue weighted by molar-refractivity contribution is 6.44. The van der Waals surface area contributed by atoms with E-state index in [2.05, 4.69) is 5.32 Å². The summed E-state index contributed by atoms with van der Waals surface area (Å²) in [6, 6.07) is 11.4. The SMILES string of the molecule is CC(OC(=O)c1ccc(N2CCCC2=O)cc1)C(=O)Nc1cccc(Cl)c1Cl. The minimum Gasteiger partial charge on any atom is -0.449 e. The Kier molecular flexibility index (Phi) is 6.21. The summed E-state index contributed by atoms with van der Waals surface area (Å²) in [5.74, 6) is -1.10. The van der Waals surface area contributed by atoms with Gasteiger partial charge in [0.05, 0.1) is 21.3 Å². The molecule has 1 aliphatic rings. The quantitative estimate of drug-likeness (QED) is 0.731. The van der Waals surface area contributed by atoms with Gasteiger partial charge < -0.3 is 15.0 Å². The Hall–Kier alpha value is -2.57. The number of hydrogen-bond donors (Lipinski definition) is 1. The average molecular weight is 421 g/mol. The molecule has 28 heavy (non-hydrogen) atoms. The van der Waals surface area contributed by atoms with Crippen molar-refractivity contribution in [1.29, 1.82) is 0 Å². The second kappa shape index (κ2) is 8.63. The van der Waals surface area contributed by atoms with Crippen LogP contribution in [0, 0.1) is 0 Å². The number of benzene rings is 2. The molecule has 0 radical (unpaired) electrons. The van der Waals surface area contributed by atoms with Crippen molar-refractivity contribution in [2.45, 2.75) is 25.9 Å². The van der Waals surface area contributed by atoms with E-state index in [0.29, 0.717) is 23.7 Å². The first-order valence-corrected chi connectivity index (χ1v) is 9.48. The van der Waals surface area contributed by atoms with Crippen molar-refractivity contribution >= 4 is 52.4 Å². The van der Waals surface area contributed by atoms with Gasteiger partial charge in [-0.15, -0.1) is 0 Å². The number of ether oxygens (including phenoxy) is 1. The van der Waals surface area contributed by atoms with Crippen molar-refractivity contribution in [2.24, 2.45) is 0 Å². The monoisotopic (exact) mass is 420 g/mol. The summed E-state index contributed by atoms with van der Waals surface area (Å²) in [4.78, 5) is 38.0. The van der Waals surface area contributed by atoms with Gasteiger partial charge in [-0.25, -0.2) is 4.79 Å². The maximum atomic E-state index is 12.3. The van der Waals surface area contributed by atoms with Crippen molar-refractivity contribution in [2.75, 3.05) is 16.8 Å². The molecule has 8 heteroatoms. The number of halogens is 2. The third-order valence-electron chi connectivity index (χ3n) is 4.35. The lowest BCUT2D eigenvalue weighted by Crippen LogP contribution is -2.30. The fourth-order valence-corrected chi connectivity index (χ4v) is 3.16. The number of hydrogen-bond acceptors (Lipinski definition) is 4. The van der Waals surface area contributed by atoms with Crippen molar-refractivity contribution in [1.82, 2.24) is 0 Å². The van der Waals surface area contributed by atoms with Crippen LogP contribution < -0.4 is 10.2 Å². The molecule has 146 valence electrons. The van der Waals surface area contributed by atoms with Crippen LogP contribution in [0.25, 0.3) is 0 Å². The van der Waals surface area contributed by atoms with Crippen LogP contribution in [0.1, 0.15) is 30.1 Å². The van der Waals surface area contributed by atoms with E-state index in [-0.39, 0.29) is 16.5 Å². The van der Waals surface area contributed by atoms with Gasteiger partial charge in [0.1, 0.15) is 0 Å². The van der Waals surface area contributed by atoms with Crippen molar-refractivity contribution in [3.63, 3.8) is 0 Å². The first kappa shape index (κ1) is 20.2. The highest BCUT2D eigenvalue weighted by atomic mass is 35.5. The van der Waals surface area contributed by atoms with Crippen molar-refractivity contribution in [3.05, 3.63) is 58.1 Å². The topological polar surface area (TPSA) is 75.7 Å². The van der Waals surface area contributed by atoms with E-state index >= 15 is 0 Å². The molecular formula is C20H18Cl2N2O4. The molecule has 2 amide bonds. The largest absolute Gasteiger partial charge is 0.449 e. The number of nitrogens with zero attached hydrogens (tertiary/aromatic N) is 1. The lowest BCUT2D eigenvalue weighted by Gasteiger charge is -2.17. The predicted molar refractivity (Wildman–Crippen MR) is 108 cm³/mol. The molecule has 0 bridgehead atoms.